The molecule has 144 valence electrons. The van der Waals surface area contributed by atoms with Crippen LogP contribution in [-0.4, -0.2) is 51.1 Å². The second kappa shape index (κ2) is 5.72. The van der Waals surface area contributed by atoms with Crippen molar-refractivity contribution in [2.24, 2.45) is 0 Å². The van der Waals surface area contributed by atoms with Gasteiger partial charge in [0.25, 0.3) is 0 Å². The summed E-state index contributed by atoms with van der Waals surface area (Å²) in [6.07, 6.45) is 0.697. The number of likely N-dealkylation sites (N-methyl/N-ethyl adjacent to an activating group) is 1. The summed E-state index contributed by atoms with van der Waals surface area (Å²) in [6.45, 7) is 0.602. The maximum absolute atomic E-state index is 13.8. The third kappa shape index (κ3) is 1.87. The molecule has 7 heteroatoms. The van der Waals surface area contributed by atoms with Crippen molar-refractivity contribution in [3.63, 3.8) is 0 Å². The van der Waals surface area contributed by atoms with Crippen LogP contribution < -0.4 is 18.9 Å². The summed E-state index contributed by atoms with van der Waals surface area (Å²) in [4.78, 5) is 29.3. The number of carbonyl (C=O) groups is 2. The Labute approximate surface area is 161 Å². The summed E-state index contributed by atoms with van der Waals surface area (Å²) in [5.41, 5.74) is 0.770. The summed E-state index contributed by atoms with van der Waals surface area (Å²) >= 11 is 0. The molecule has 2 aromatic rings. The molecule has 0 N–H and O–H groups in total. The Morgan fingerprint density at radius 3 is 2.54 bits per heavy atom. The molecule has 0 aromatic heterocycles. The topological polar surface area (TPSA) is 74.3 Å². The number of rotatable bonds is 2. The van der Waals surface area contributed by atoms with E-state index in [1.165, 1.54) is 7.11 Å². The fourth-order valence-corrected chi connectivity index (χ4v) is 4.58. The molecule has 0 radical (unpaired) electrons. The third-order valence-corrected chi connectivity index (χ3v) is 5.96. The maximum atomic E-state index is 13.8. The highest BCUT2D eigenvalue weighted by atomic mass is 16.7. The Morgan fingerprint density at radius 1 is 1.04 bits per heavy atom. The minimum atomic E-state index is -1.43. The van der Waals surface area contributed by atoms with Crippen molar-refractivity contribution in [3.05, 3.63) is 46.5 Å². The Balaban J connectivity index is 1.79. The maximum Gasteiger partial charge on any atom is 0.231 e. The Morgan fingerprint density at radius 2 is 1.79 bits per heavy atom. The smallest absolute Gasteiger partial charge is 0.231 e. The fraction of sp³-hybridized carbons (Fsp3) is 0.333. The zero-order valence-electron chi connectivity index (χ0n) is 15.8. The van der Waals surface area contributed by atoms with E-state index in [9.17, 15) is 9.59 Å². The van der Waals surface area contributed by atoms with Crippen LogP contribution in [-0.2, 0) is 12.0 Å². The van der Waals surface area contributed by atoms with Crippen LogP contribution in [0.5, 0.6) is 23.0 Å². The van der Waals surface area contributed by atoms with E-state index in [4.69, 9.17) is 18.9 Å². The van der Waals surface area contributed by atoms with Gasteiger partial charge < -0.3 is 18.9 Å². The van der Waals surface area contributed by atoms with Crippen LogP contribution >= 0.6 is 0 Å². The number of hydrogen-bond donors (Lipinski definition) is 0. The third-order valence-electron chi connectivity index (χ3n) is 5.96. The predicted octanol–water partition coefficient (Wildman–Crippen LogP) is 2.19. The van der Waals surface area contributed by atoms with Crippen molar-refractivity contribution >= 4 is 11.6 Å². The number of hydrogen-bond acceptors (Lipinski definition) is 7. The molecule has 28 heavy (non-hydrogen) atoms. The van der Waals surface area contributed by atoms with Gasteiger partial charge in [0.15, 0.2) is 40.1 Å². The van der Waals surface area contributed by atoms with Crippen LogP contribution in [0.15, 0.2) is 24.3 Å². The molecule has 0 amide bonds. The van der Waals surface area contributed by atoms with E-state index < -0.39 is 5.54 Å². The van der Waals surface area contributed by atoms with Gasteiger partial charge in [0.2, 0.25) is 6.79 Å². The number of fused-ring (bicyclic) bond motifs is 5. The number of ketones is 2. The van der Waals surface area contributed by atoms with E-state index in [0.717, 1.165) is 5.56 Å². The minimum Gasteiger partial charge on any atom is -0.493 e. The van der Waals surface area contributed by atoms with E-state index >= 15 is 0 Å². The summed E-state index contributed by atoms with van der Waals surface area (Å²) in [7, 11) is 4.91. The van der Waals surface area contributed by atoms with Crippen LogP contribution in [0, 0.1) is 0 Å². The largest absolute Gasteiger partial charge is 0.493 e. The van der Waals surface area contributed by atoms with Crippen LogP contribution in [0.25, 0.3) is 0 Å². The molecule has 1 aliphatic carbocycles. The predicted molar refractivity (Wildman–Crippen MR) is 98.8 cm³/mol. The van der Waals surface area contributed by atoms with Crippen LogP contribution in [0.4, 0.5) is 0 Å². The molecule has 1 atom stereocenters. The summed E-state index contributed by atoms with van der Waals surface area (Å²) in [5.74, 6) is 1.37. The molecule has 1 unspecified atom stereocenters. The standard InChI is InChI=1S/C21H19NO6/c1-22-7-6-11-8-15(25-2)16(26-3)9-13(11)21(22)19(23)12-4-5-14-18(28-10-27-14)17(12)20(21)24/h4-5,8-9H,6-7,10H2,1-3H3. The summed E-state index contributed by atoms with van der Waals surface area (Å²) in [5, 5.41) is 0. The molecular formula is C21H19NO6. The highest BCUT2D eigenvalue weighted by Gasteiger charge is 2.60. The molecule has 0 fully saturated rings. The zero-order chi connectivity index (χ0) is 19.6. The van der Waals surface area contributed by atoms with E-state index in [-0.39, 0.29) is 18.4 Å². The Hall–Kier alpha value is -3.06. The normalized spacial score (nSPS) is 22.4. The van der Waals surface area contributed by atoms with Gasteiger partial charge in [-0.1, -0.05) is 0 Å². The number of nitrogens with zero attached hydrogens (tertiary/aromatic N) is 1. The van der Waals surface area contributed by atoms with E-state index in [2.05, 4.69) is 0 Å². The van der Waals surface area contributed by atoms with Gasteiger partial charge in [-0.05, 0) is 48.9 Å². The lowest BCUT2D eigenvalue weighted by molar-refractivity contribution is 0.0517. The fourth-order valence-electron chi connectivity index (χ4n) is 4.58. The van der Waals surface area contributed by atoms with Crippen molar-refractivity contribution in [2.45, 2.75) is 12.0 Å². The number of carbonyl (C=O) groups excluding carboxylic acids is 2. The lowest BCUT2D eigenvalue weighted by Crippen LogP contribution is -2.55. The lowest BCUT2D eigenvalue weighted by Gasteiger charge is -2.41. The quantitative estimate of drug-likeness (QED) is 0.738. The lowest BCUT2D eigenvalue weighted by atomic mass is 9.77. The molecule has 0 saturated heterocycles. The van der Waals surface area contributed by atoms with Crippen molar-refractivity contribution < 1.29 is 28.5 Å². The number of benzene rings is 2. The van der Waals surface area contributed by atoms with Gasteiger partial charge >= 0.3 is 0 Å². The molecule has 5 rings (SSSR count). The summed E-state index contributed by atoms with van der Waals surface area (Å²) < 4.78 is 21.8. The SMILES string of the molecule is COc1cc2c(cc1OC)C1(C(=O)c3ccc4c(c3C1=O)OCO4)N(C)CC2. The monoisotopic (exact) mass is 381 g/mol. The molecular weight excluding hydrogens is 362 g/mol. The molecule has 7 nitrogen and oxygen atoms in total. The van der Waals surface area contributed by atoms with Gasteiger partial charge in [0.05, 0.1) is 19.8 Å². The Kier molecular flexibility index (Phi) is 3.49. The van der Waals surface area contributed by atoms with Gasteiger partial charge in [-0.3, -0.25) is 14.5 Å². The van der Waals surface area contributed by atoms with Crippen molar-refractivity contribution in [3.8, 4) is 23.0 Å². The van der Waals surface area contributed by atoms with E-state index in [1.807, 2.05) is 11.0 Å². The number of methoxy groups -OCH3 is 2. The summed E-state index contributed by atoms with van der Waals surface area (Å²) in [6, 6.07) is 6.95. The first kappa shape index (κ1) is 17.1. The van der Waals surface area contributed by atoms with E-state index in [0.29, 0.717) is 52.7 Å². The zero-order valence-corrected chi connectivity index (χ0v) is 15.8. The van der Waals surface area contributed by atoms with Crippen molar-refractivity contribution in [2.75, 3.05) is 34.6 Å². The number of ether oxygens (including phenoxy) is 4. The van der Waals surface area contributed by atoms with E-state index in [1.54, 1.807) is 32.4 Å². The average molecular weight is 381 g/mol. The van der Waals surface area contributed by atoms with Crippen LogP contribution in [0.1, 0.15) is 31.8 Å². The van der Waals surface area contributed by atoms with Gasteiger partial charge in [-0.15, -0.1) is 0 Å². The first-order chi connectivity index (χ1) is 13.5. The molecule has 2 aliphatic heterocycles. The minimum absolute atomic E-state index is 0.0394. The Bertz CT molecular complexity index is 1050. The van der Waals surface area contributed by atoms with Gasteiger partial charge in [0.1, 0.15) is 0 Å². The van der Waals surface area contributed by atoms with Crippen molar-refractivity contribution in [1.29, 1.82) is 0 Å². The van der Waals surface area contributed by atoms with Gasteiger partial charge in [-0.2, -0.15) is 0 Å². The molecule has 3 aliphatic rings. The number of Topliss-reactive ketones (excluding diaryl/α,β-unsaturated/α-hetero) is 2. The highest BCUT2D eigenvalue weighted by Crippen LogP contribution is 2.52. The average Bonchev–Trinajstić information content (AvgIpc) is 3.27. The van der Waals surface area contributed by atoms with Gasteiger partial charge in [0, 0.05) is 12.1 Å². The molecule has 2 aromatic carbocycles. The van der Waals surface area contributed by atoms with Crippen molar-refractivity contribution in [1.82, 2.24) is 4.90 Å². The molecule has 2 heterocycles. The highest BCUT2D eigenvalue weighted by molar-refractivity contribution is 6.34. The van der Waals surface area contributed by atoms with Gasteiger partial charge in [-0.25, -0.2) is 0 Å². The van der Waals surface area contributed by atoms with Crippen LogP contribution in [0.2, 0.25) is 0 Å². The molecule has 0 bridgehead atoms. The molecule has 0 saturated carbocycles. The second-order valence-electron chi connectivity index (χ2n) is 7.13. The second-order valence-corrected chi connectivity index (χ2v) is 7.13. The first-order valence-electron chi connectivity index (χ1n) is 9.02. The molecule has 1 spiro atoms. The van der Waals surface area contributed by atoms with Crippen LogP contribution in [0.3, 0.4) is 0 Å². The first-order valence-corrected chi connectivity index (χ1v) is 9.02.